The third-order valence-corrected chi connectivity index (χ3v) is 3.87. The van der Waals surface area contributed by atoms with Crippen LogP contribution < -0.4 is 0 Å². The molecule has 1 amide bonds. The maximum Gasteiger partial charge on any atom is 0.227 e. The summed E-state index contributed by atoms with van der Waals surface area (Å²) in [7, 11) is 2.12. The number of nitrogens with zero attached hydrogens (tertiary/aromatic N) is 2. The summed E-state index contributed by atoms with van der Waals surface area (Å²) < 4.78 is 0. The molecule has 1 heterocycles. The normalized spacial score (nSPS) is 20.5. The van der Waals surface area contributed by atoms with Crippen LogP contribution in [-0.4, -0.2) is 53.5 Å². The van der Waals surface area contributed by atoms with E-state index in [1.54, 1.807) is 18.2 Å². The molecule has 1 unspecified atom stereocenters. The molecule has 0 bridgehead atoms. The molecule has 1 aliphatic rings. The number of piperazine rings is 1. The smallest absolute Gasteiger partial charge is 0.227 e. The molecule has 1 aromatic rings. The van der Waals surface area contributed by atoms with E-state index in [9.17, 15) is 9.90 Å². The molecule has 0 radical (unpaired) electrons. The van der Waals surface area contributed by atoms with E-state index in [1.807, 2.05) is 11.0 Å². The van der Waals surface area contributed by atoms with Gasteiger partial charge in [0.05, 0.1) is 6.42 Å². The van der Waals surface area contributed by atoms with Crippen molar-refractivity contribution in [3.05, 3.63) is 29.8 Å². The Balaban J connectivity index is 1.97. The summed E-state index contributed by atoms with van der Waals surface area (Å²) in [5.41, 5.74) is 0.872. The van der Waals surface area contributed by atoms with Crippen LogP contribution >= 0.6 is 0 Å². The van der Waals surface area contributed by atoms with Crippen molar-refractivity contribution in [2.24, 2.45) is 0 Å². The van der Waals surface area contributed by atoms with Gasteiger partial charge in [-0.15, -0.1) is 0 Å². The van der Waals surface area contributed by atoms with Crippen molar-refractivity contribution in [2.75, 3.05) is 26.7 Å². The van der Waals surface area contributed by atoms with Crippen molar-refractivity contribution in [3.63, 3.8) is 0 Å². The first-order chi connectivity index (χ1) is 9.10. The largest absolute Gasteiger partial charge is 0.508 e. The van der Waals surface area contributed by atoms with Gasteiger partial charge in [-0.2, -0.15) is 0 Å². The average molecular weight is 262 g/mol. The molecule has 1 saturated heterocycles. The Bertz CT molecular complexity index is 448. The van der Waals surface area contributed by atoms with Crippen LogP contribution in [0.2, 0.25) is 0 Å². The van der Waals surface area contributed by atoms with Crippen LogP contribution in [0.15, 0.2) is 24.3 Å². The van der Waals surface area contributed by atoms with E-state index in [0.29, 0.717) is 12.5 Å². The Hall–Kier alpha value is -1.55. The molecule has 104 valence electrons. The number of carbonyl (C=O) groups excluding carboxylic acids is 1. The highest BCUT2D eigenvalue weighted by molar-refractivity contribution is 5.79. The quantitative estimate of drug-likeness (QED) is 0.897. The van der Waals surface area contributed by atoms with E-state index in [-0.39, 0.29) is 11.7 Å². The van der Waals surface area contributed by atoms with Crippen molar-refractivity contribution in [1.29, 1.82) is 0 Å². The molecule has 1 aliphatic heterocycles. The predicted molar refractivity (Wildman–Crippen MR) is 75.1 cm³/mol. The summed E-state index contributed by atoms with van der Waals surface area (Å²) in [4.78, 5) is 16.5. The predicted octanol–water partition coefficient (Wildman–Crippen LogP) is 1.49. The van der Waals surface area contributed by atoms with Gasteiger partial charge in [0.1, 0.15) is 5.75 Å². The second-order valence-corrected chi connectivity index (χ2v) is 5.23. The minimum atomic E-state index is 0.150. The van der Waals surface area contributed by atoms with Gasteiger partial charge >= 0.3 is 0 Å². The third kappa shape index (κ3) is 3.47. The zero-order valence-electron chi connectivity index (χ0n) is 11.7. The fraction of sp³-hybridized carbons (Fsp3) is 0.533. The topological polar surface area (TPSA) is 43.8 Å². The highest BCUT2D eigenvalue weighted by Gasteiger charge is 2.25. The molecular weight excluding hydrogens is 240 g/mol. The summed E-state index contributed by atoms with van der Waals surface area (Å²) in [5, 5.41) is 9.42. The van der Waals surface area contributed by atoms with E-state index in [1.165, 1.54) is 0 Å². The monoisotopic (exact) mass is 262 g/mol. The van der Waals surface area contributed by atoms with E-state index in [4.69, 9.17) is 0 Å². The number of amides is 1. The molecule has 4 nitrogen and oxygen atoms in total. The maximum atomic E-state index is 12.3. The molecule has 1 aromatic carbocycles. The van der Waals surface area contributed by atoms with Crippen LogP contribution in [-0.2, 0) is 11.2 Å². The van der Waals surface area contributed by atoms with Crippen molar-refractivity contribution in [3.8, 4) is 5.75 Å². The molecule has 0 aromatic heterocycles. The number of carbonyl (C=O) groups is 1. The molecule has 4 heteroatoms. The molecule has 1 N–H and O–H groups in total. The Labute approximate surface area is 114 Å². The van der Waals surface area contributed by atoms with Gasteiger partial charge in [0.15, 0.2) is 0 Å². The zero-order chi connectivity index (χ0) is 13.8. The number of hydrogen-bond donors (Lipinski definition) is 1. The van der Waals surface area contributed by atoms with Crippen LogP contribution in [0.5, 0.6) is 5.75 Å². The highest BCUT2D eigenvalue weighted by Crippen LogP contribution is 2.15. The second kappa shape index (κ2) is 6.06. The summed E-state index contributed by atoms with van der Waals surface area (Å²) in [6.07, 6.45) is 1.43. The number of phenolic OH excluding ortho intramolecular Hbond substituents is 1. The van der Waals surface area contributed by atoms with Gasteiger partial charge in [0, 0.05) is 25.7 Å². The fourth-order valence-corrected chi connectivity index (χ4v) is 2.57. The standard InChI is InChI=1S/C15H22N2O2/c1-3-13-11-17(8-7-16(13)2)15(19)10-12-5-4-6-14(18)9-12/h4-6,9,13,18H,3,7-8,10-11H2,1-2H3. The lowest BCUT2D eigenvalue weighted by atomic mass is 10.1. The highest BCUT2D eigenvalue weighted by atomic mass is 16.3. The SMILES string of the molecule is CCC1CN(C(=O)Cc2cccc(O)c2)CCN1C. The van der Waals surface area contributed by atoms with Crippen molar-refractivity contribution >= 4 is 5.91 Å². The van der Waals surface area contributed by atoms with Crippen LogP contribution in [0.1, 0.15) is 18.9 Å². The first-order valence-electron chi connectivity index (χ1n) is 6.86. The summed E-state index contributed by atoms with van der Waals surface area (Å²) in [6.45, 7) is 4.70. The zero-order valence-corrected chi connectivity index (χ0v) is 11.7. The van der Waals surface area contributed by atoms with E-state index in [2.05, 4.69) is 18.9 Å². The van der Waals surface area contributed by atoms with E-state index < -0.39 is 0 Å². The molecule has 0 spiro atoms. The molecule has 0 saturated carbocycles. The first kappa shape index (κ1) is 13.9. The Morgan fingerprint density at radius 3 is 2.89 bits per heavy atom. The van der Waals surface area contributed by atoms with Gasteiger partial charge in [0.2, 0.25) is 5.91 Å². The number of benzene rings is 1. The first-order valence-corrected chi connectivity index (χ1v) is 6.86. The Kier molecular flexibility index (Phi) is 4.43. The summed E-state index contributed by atoms with van der Waals surface area (Å²) >= 11 is 0. The third-order valence-electron chi connectivity index (χ3n) is 3.87. The number of aromatic hydroxyl groups is 1. The minimum absolute atomic E-state index is 0.150. The van der Waals surface area contributed by atoms with Crippen LogP contribution in [0.25, 0.3) is 0 Å². The average Bonchev–Trinajstić information content (AvgIpc) is 2.39. The lowest BCUT2D eigenvalue weighted by molar-refractivity contribution is -0.133. The number of rotatable bonds is 3. The summed E-state index contributed by atoms with van der Waals surface area (Å²) in [6, 6.07) is 7.39. The van der Waals surface area contributed by atoms with E-state index >= 15 is 0 Å². The molecule has 1 atom stereocenters. The number of hydrogen-bond acceptors (Lipinski definition) is 3. The van der Waals surface area contributed by atoms with Gasteiger partial charge < -0.3 is 10.0 Å². The number of likely N-dealkylation sites (N-methyl/N-ethyl adjacent to an activating group) is 1. The minimum Gasteiger partial charge on any atom is -0.508 e. The van der Waals surface area contributed by atoms with Gasteiger partial charge in [0.25, 0.3) is 0 Å². The van der Waals surface area contributed by atoms with Crippen LogP contribution in [0.4, 0.5) is 0 Å². The lowest BCUT2D eigenvalue weighted by Crippen LogP contribution is -2.53. The van der Waals surface area contributed by atoms with Crippen molar-refractivity contribution in [2.45, 2.75) is 25.8 Å². The van der Waals surface area contributed by atoms with Crippen molar-refractivity contribution < 1.29 is 9.90 Å². The van der Waals surface area contributed by atoms with Gasteiger partial charge in [-0.3, -0.25) is 9.69 Å². The van der Waals surface area contributed by atoms with Gasteiger partial charge in [-0.25, -0.2) is 0 Å². The molecule has 19 heavy (non-hydrogen) atoms. The van der Waals surface area contributed by atoms with Crippen LogP contribution in [0.3, 0.4) is 0 Å². The number of phenols is 1. The van der Waals surface area contributed by atoms with Crippen molar-refractivity contribution in [1.82, 2.24) is 9.80 Å². The Morgan fingerprint density at radius 2 is 2.21 bits per heavy atom. The van der Waals surface area contributed by atoms with Gasteiger partial charge in [-0.1, -0.05) is 19.1 Å². The van der Waals surface area contributed by atoms with Gasteiger partial charge in [-0.05, 0) is 31.2 Å². The fourth-order valence-electron chi connectivity index (χ4n) is 2.57. The summed E-state index contributed by atoms with van der Waals surface area (Å²) in [5.74, 6) is 0.368. The maximum absolute atomic E-state index is 12.3. The second-order valence-electron chi connectivity index (χ2n) is 5.23. The Morgan fingerprint density at radius 1 is 1.42 bits per heavy atom. The molecule has 2 rings (SSSR count). The van der Waals surface area contributed by atoms with Crippen LogP contribution in [0, 0.1) is 0 Å². The molecule has 1 fully saturated rings. The van der Waals surface area contributed by atoms with E-state index in [0.717, 1.165) is 31.6 Å². The molecular formula is C15H22N2O2. The lowest BCUT2D eigenvalue weighted by Gasteiger charge is -2.39. The molecule has 0 aliphatic carbocycles.